The minimum atomic E-state index is -3.64. The number of aromatic hydroxyl groups is 1. The normalized spacial score (nSPS) is 11.3. The van der Waals surface area contributed by atoms with Crippen LogP contribution in [-0.4, -0.2) is 13.5 Å². The van der Waals surface area contributed by atoms with Gasteiger partial charge in [0.1, 0.15) is 5.75 Å². The largest absolute Gasteiger partial charge is 0.508 e. The fraction of sp³-hybridized carbons (Fsp3) is 0.143. The molecule has 2 N–H and O–H groups in total. The van der Waals surface area contributed by atoms with Crippen LogP contribution in [0.4, 0.5) is 5.69 Å². The van der Waals surface area contributed by atoms with E-state index in [0.717, 1.165) is 5.56 Å². The SMILES string of the molecule is Cc1ccc(S(=O)(=O)Nc2cccc(O)c2)c(C)c1. The molecule has 0 unspecified atom stereocenters. The molecule has 0 radical (unpaired) electrons. The van der Waals surface area contributed by atoms with Gasteiger partial charge < -0.3 is 5.11 Å². The van der Waals surface area contributed by atoms with Gasteiger partial charge in [0, 0.05) is 6.07 Å². The molecule has 19 heavy (non-hydrogen) atoms. The van der Waals surface area contributed by atoms with E-state index in [-0.39, 0.29) is 10.6 Å². The van der Waals surface area contributed by atoms with Gasteiger partial charge in [-0.05, 0) is 37.6 Å². The summed E-state index contributed by atoms with van der Waals surface area (Å²) in [5, 5.41) is 9.34. The molecule has 0 aliphatic carbocycles. The summed E-state index contributed by atoms with van der Waals surface area (Å²) in [5.41, 5.74) is 2.03. The fourth-order valence-electron chi connectivity index (χ4n) is 1.88. The maximum atomic E-state index is 12.3. The fourth-order valence-corrected chi connectivity index (χ4v) is 3.16. The van der Waals surface area contributed by atoms with E-state index in [0.29, 0.717) is 11.3 Å². The highest BCUT2D eigenvalue weighted by atomic mass is 32.2. The molecule has 4 nitrogen and oxygen atoms in total. The third-order valence-electron chi connectivity index (χ3n) is 2.72. The van der Waals surface area contributed by atoms with Crippen molar-refractivity contribution in [2.24, 2.45) is 0 Å². The average Bonchev–Trinajstić information content (AvgIpc) is 2.27. The van der Waals surface area contributed by atoms with Gasteiger partial charge in [0.05, 0.1) is 10.6 Å². The molecule has 0 saturated heterocycles. The highest BCUT2D eigenvalue weighted by molar-refractivity contribution is 7.92. The Morgan fingerprint density at radius 1 is 1.05 bits per heavy atom. The van der Waals surface area contributed by atoms with Gasteiger partial charge >= 0.3 is 0 Å². The van der Waals surface area contributed by atoms with E-state index < -0.39 is 10.0 Å². The molecule has 0 spiro atoms. The van der Waals surface area contributed by atoms with E-state index in [4.69, 9.17) is 0 Å². The standard InChI is InChI=1S/C14H15NO3S/c1-10-6-7-14(11(2)8-10)19(17,18)15-12-4-3-5-13(16)9-12/h3-9,15-16H,1-2H3. The Morgan fingerprint density at radius 3 is 2.42 bits per heavy atom. The lowest BCUT2D eigenvalue weighted by atomic mass is 10.2. The van der Waals surface area contributed by atoms with Crippen LogP contribution < -0.4 is 4.72 Å². The maximum absolute atomic E-state index is 12.3. The van der Waals surface area contributed by atoms with Gasteiger partial charge in [0.25, 0.3) is 10.0 Å². The summed E-state index contributed by atoms with van der Waals surface area (Å²) in [5.74, 6) is 0.0147. The lowest BCUT2D eigenvalue weighted by Crippen LogP contribution is -2.14. The van der Waals surface area contributed by atoms with Crippen LogP contribution in [0.3, 0.4) is 0 Å². The van der Waals surface area contributed by atoms with Crippen molar-refractivity contribution in [1.82, 2.24) is 0 Å². The van der Waals surface area contributed by atoms with Crippen LogP contribution in [-0.2, 0) is 10.0 Å². The van der Waals surface area contributed by atoms with Crippen LogP contribution in [0.5, 0.6) is 5.75 Å². The number of nitrogens with one attached hydrogen (secondary N) is 1. The summed E-state index contributed by atoms with van der Waals surface area (Å²) in [4.78, 5) is 0.237. The van der Waals surface area contributed by atoms with Crippen molar-refractivity contribution in [3.63, 3.8) is 0 Å². The Balaban J connectivity index is 2.38. The Morgan fingerprint density at radius 2 is 1.79 bits per heavy atom. The second-order valence-electron chi connectivity index (χ2n) is 4.42. The Hall–Kier alpha value is -2.01. The highest BCUT2D eigenvalue weighted by Crippen LogP contribution is 2.22. The number of phenolic OH excluding ortho intramolecular Hbond substituents is 1. The molecule has 100 valence electrons. The molecule has 0 aliphatic rings. The molecule has 0 fully saturated rings. The molecule has 0 bridgehead atoms. The van der Waals surface area contributed by atoms with Crippen molar-refractivity contribution in [2.75, 3.05) is 4.72 Å². The third kappa shape index (κ3) is 3.06. The molecular weight excluding hydrogens is 262 g/mol. The number of phenols is 1. The second-order valence-corrected chi connectivity index (χ2v) is 6.08. The summed E-state index contributed by atoms with van der Waals surface area (Å²) in [7, 11) is -3.64. The zero-order valence-electron chi connectivity index (χ0n) is 10.7. The van der Waals surface area contributed by atoms with Crippen LogP contribution in [0, 0.1) is 13.8 Å². The molecule has 2 rings (SSSR count). The summed E-state index contributed by atoms with van der Waals surface area (Å²) in [6.45, 7) is 3.66. The first-order valence-corrected chi connectivity index (χ1v) is 7.26. The van der Waals surface area contributed by atoms with Crippen molar-refractivity contribution in [1.29, 1.82) is 0 Å². The van der Waals surface area contributed by atoms with E-state index in [1.54, 1.807) is 31.2 Å². The molecule has 0 amide bonds. The van der Waals surface area contributed by atoms with Crippen LogP contribution in [0.1, 0.15) is 11.1 Å². The molecule has 0 aliphatic heterocycles. The molecule has 2 aromatic carbocycles. The number of rotatable bonds is 3. The molecule has 0 aromatic heterocycles. The van der Waals surface area contributed by atoms with Crippen molar-refractivity contribution >= 4 is 15.7 Å². The lowest BCUT2D eigenvalue weighted by molar-refractivity contribution is 0.475. The van der Waals surface area contributed by atoms with Crippen molar-refractivity contribution in [2.45, 2.75) is 18.7 Å². The summed E-state index contributed by atoms with van der Waals surface area (Å²) in [6.07, 6.45) is 0. The number of benzene rings is 2. The highest BCUT2D eigenvalue weighted by Gasteiger charge is 2.16. The van der Waals surface area contributed by atoms with Gasteiger partial charge in [-0.1, -0.05) is 23.8 Å². The zero-order valence-corrected chi connectivity index (χ0v) is 11.5. The lowest BCUT2D eigenvalue weighted by Gasteiger charge is -2.11. The van der Waals surface area contributed by atoms with Gasteiger partial charge in [0.15, 0.2) is 0 Å². The van der Waals surface area contributed by atoms with E-state index in [2.05, 4.69) is 4.72 Å². The second kappa shape index (κ2) is 4.93. The molecule has 2 aromatic rings. The molecular formula is C14H15NO3S. The van der Waals surface area contributed by atoms with Crippen molar-refractivity contribution in [3.8, 4) is 5.75 Å². The average molecular weight is 277 g/mol. The van der Waals surface area contributed by atoms with E-state index in [9.17, 15) is 13.5 Å². The Kier molecular flexibility index (Phi) is 3.48. The van der Waals surface area contributed by atoms with Gasteiger partial charge in [-0.3, -0.25) is 4.72 Å². The number of sulfonamides is 1. The quantitative estimate of drug-likeness (QED) is 0.906. The first-order valence-electron chi connectivity index (χ1n) is 5.77. The summed E-state index contributed by atoms with van der Waals surface area (Å²) < 4.78 is 27.0. The first kappa shape index (κ1) is 13.4. The van der Waals surface area contributed by atoms with Gasteiger partial charge in [-0.15, -0.1) is 0 Å². The van der Waals surface area contributed by atoms with Crippen LogP contribution in [0.2, 0.25) is 0 Å². The molecule has 0 atom stereocenters. The predicted molar refractivity (Wildman–Crippen MR) is 74.8 cm³/mol. The van der Waals surface area contributed by atoms with Crippen molar-refractivity contribution in [3.05, 3.63) is 53.6 Å². The number of hydrogen-bond donors (Lipinski definition) is 2. The summed E-state index contributed by atoms with van der Waals surface area (Å²) in [6, 6.07) is 11.2. The molecule has 0 heterocycles. The number of anilines is 1. The third-order valence-corrected chi connectivity index (χ3v) is 4.26. The van der Waals surface area contributed by atoms with Crippen LogP contribution in [0.15, 0.2) is 47.4 Å². The zero-order chi connectivity index (χ0) is 14.0. The van der Waals surface area contributed by atoms with E-state index >= 15 is 0 Å². The molecule has 5 heteroatoms. The van der Waals surface area contributed by atoms with Crippen LogP contribution in [0.25, 0.3) is 0 Å². The first-order chi connectivity index (χ1) is 8.88. The number of hydrogen-bond acceptors (Lipinski definition) is 3. The summed E-state index contributed by atoms with van der Waals surface area (Å²) >= 11 is 0. The van der Waals surface area contributed by atoms with E-state index in [1.807, 2.05) is 13.0 Å². The number of aryl methyl sites for hydroxylation is 2. The topological polar surface area (TPSA) is 66.4 Å². The maximum Gasteiger partial charge on any atom is 0.262 e. The van der Waals surface area contributed by atoms with Gasteiger partial charge in [0.2, 0.25) is 0 Å². The Labute approximate surface area is 112 Å². The van der Waals surface area contributed by atoms with Gasteiger partial charge in [-0.2, -0.15) is 0 Å². The smallest absolute Gasteiger partial charge is 0.262 e. The Bertz CT molecular complexity index is 708. The minimum absolute atomic E-state index is 0.0147. The van der Waals surface area contributed by atoms with Gasteiger partial charge in [-0.25, -0.2) is 8.42 Å². The van der Waals surface area contributed by atoms with Crippen LogP contribution >= 0.6 is 0 Å². The van der Waals surface area contributed by atoms with E-state index in [1.165, 1.54) is 12.1 Å². The minimum Gasteiger partial charge on any atom is -0.508 e. The molecule has 0 saturated carbocycles. The van der Waals surface area contributed by atoms with Crippen molar-refractivity contribution < 1.29 is 13.5 Å². The predicted octanol–water partition coefficient (Wildman–Crippen LogP) is 2.81. The monoisotopic (exact) mass is 277 g/mol.